The average molecular weight is 246 g/mol. The van der Waals surface area contributed by atoms with Crippen LogP contribution in [0.2, 0.25) is 0 Å². The molecule has 0 amide bonds. The summed E-state index contributed by atoms with van der Waals surface area (Å²) in [5.41, 5.74) is 0. The van der Waals surface area contributed by atoms with Crippen molar-refractivity contribution in [1.82, 2.24) is 9.88 Å². The summed E-state index contributed by atoms with van der Waals surface area (Å²) in [5, 5.41) is 0. The highest BCUT2D eigenvalue weighted by Crippen LogP contribution is 2.24. The summed E-state index contributed by atoms with van der Waals surface area (Å²) in [6.07, 6.45) is 15.3. The van der Waals surface area contributed by atoms with E-state index in [0.29, 0.717) is 0 Å². The summed E-state index contributed by atoms with van der Waals surface area (Å²) in [5.74, 6) is 0. The Hall–Kier alpha value is -0.890. The number of likely N-dealkylation sites (tertiary alicyclic amines) is 1. The third-order valence-corrected chi connectivity index (χ3v) is 4.05. The molecule has 1 aliphatic carbocycles. The van der Waals surface area contributed by atoms with Gasteiger partial charge in [0.05, 0.1) is 0 Å². The van der Waals surface area contributed by atoms with Crippen LogP contribution in [0.25, 0.3) is 0 Å². The number of hydrogen-bond acceptors (Lipinski definition) is 2. The first-order valence-electron chi connectivity index (χ1n) is 7.56. The maximum atomic E-state index is 3.78. The van der Waals surface area contributed by atoms with E-state index < -0.39 is 0 Å². The maximum Gasteiger partial charge on any atom is 0.0267 e. The Kier molecular flexibility index (Phi) is 6.21. The minimum atomic E-state index is 0.971. The maximum absolute atomic E-state index is 3.78. The number of aromatic nitrogens is 1. The Morgan fingerprint density at radius 1 is 0.722 bits per heavy atom. The van der Waals surface area contributed by atoms with Crippen LogP contribution in [0.1, 0.15) is 51.4 Å². The summed E-state index contributed by atoms with van der Waals surface area (Å²) in [4.78, 5) is 6.54. The molecule has 100 valence electrons. The summed E-state index contributed by atoms with van der Waals surface area (Å²) >= 11 is 0. The molecular weight excluding hydrogens is 220 g/mol. The predicted molar refractivity (Wildman–Crippen MR) is 76.5 cm³/mol. The van der Waals surface area contributed by atoms with Crippen LogP contribution in [0, 0.1) is 0 Å². The molecule has 1 saturated carbocycles. The molecule has 2 aliphatic rings. The van der Waals surface area contributed by atoms with Crippen molar-refractivity contribution >= 4 is 0 Å². The number of hydrogen-bond donors (Lipinski definition) is 0. The highest BCUT2D eigenvalue weighted by molar-refractivity contribution is 4.88. The van der Waals surface area contributed by atoms with Crippen molar-refractivity contribution in [2.75, 3.05) is 13.1 Å². The Labute approximate surface area is 111 Å². The Balaban J connectivity index is 0.000000169. The van der Waals surface area contributed by atoms with E-state index in [9.17, 15) is 0 Å². The molecule has 0 aromatic carbocycles. The van der Waals surface area contributed by atoms with E-state index in [1.54, 1.807) is 12.4 Å². The van der Waals surface area contributed by atoms with Gasteiger partial charge in [-0.25, -0.2) is 0 Å². The normalized spacial score (nSPS) is 22.0. The van der Waals surface area contributed by atoms with Crippen LogP contribution < -0.4 is 0 Å². The average Bonchev–Trinajstić information content (AvgIpc) is 2.51. The topological polar surface area (TPSA) is 16.1 Å². The highest BCUT2D eigenvalue weighted by atomic mass is 15.2. The highest BCUT2D eigenvalue weighted by Gasteiger charge is 2.21. The van der Waals surface area contributed by atoms with Gasteiger partial charge in [0.1, 0.15) is 0 Å². The molecule has 2 nitrogen and oxygen atoms in total. The molecule has 1 aromatic rings. The van der Waals surface area contributed by atoms with Crippen molar-refractivity contribution in [1.29, 1.82) is 0 Å². The number of piperidine rings is 1. The minimum absolute atomic E-state index is 0.971. The van der Waals surface area contributed by atoms with E-state index in [1.165, 1.54) is 64.5 Å². The summed E-state index contributed by atoms with van der Waals surface area (Å²) in [7, 11) is 0. The molecule has 0 bridgehead atoms. The van der Waals surface area contributed by atoms with E-state index in [0.717, 1.165) is 6.04 Å². The van der Waals surface area contributed by atoms with Crippen molar-refractivity contribution in [3.05, 3.63) is 30.6 Å². The van der Waals surface area contributed by atoms with Crippen molar-refractivity contribution < 1.29 is 0 Å². The summed E-state index contributed by atoms with van der Waals surface area (Å²) < 4.78 is 0. The van der Waals surface area contributed by atoms with Gasteiger partial charge in [-0.1, -0.05) is 31.7 Å². The van der Waals surface area contributed by atoms with E-state index in [2.05, 4.69) is 9.88 Å². The lowest BCUT2D eigenvalue weighted by atomic mass is 9.93. The Bertz CT molecular complexity index is 245. The molecule has 2 heterocycles. The van der Waals surface area contributed by atoms with Gasteiger partial charge in [-0.15, -0.1) is 0 Å². The zero-order valence-electron chi connectivity index (χ0n) is 11.4. The van der Waals surface area contributed by atoms with E-state index in [-0.39, 0.29) is 0 Å². The molecule has 0 unspecified atom stereocenters. The van der Waals surface area contributed by atoms with Crippen molar-refractivity contribution in [3.8, 4) is 0 Å². The fourth-order valence-corrected chi connectivity index (χ4v) is 3.04. The smallest absolute Gasteiger partial charge is 0.0267 e. The molecule has 2 heteroatoms. The van der Waals surface area contributed by atoms with Gasteiger partial charge in [0.25, 0.3) is 0 Å². The van der Waals surface area contributed by atoms with Crippen LogP contribution in [0.3, 0.4) is 0 Å². The molecule has 2 fully saturated rings. The molecule has 0 spiro atoms. The van der Waals surface area contributed by atoms with Crippen LogP contribution >= 0.6 is 0 Å². The van der Waals surface area contributed by atoms with Crippen molar-refractivity contribution in [2.45, 2.75) is 57.4 Å². The second-order valence-corrected chi connectivity index (χ2v) is 5.41. The fourth-order valence-electron chi connectivity index (χ4n) is 3.04. The molecule has 1 aromatic heterocycles. The van der Waals surface area contributed by atoms with Gasteiger partial charge in [-0.05, 0) is 50.9 Å². The fraction of sp³-hybridized carbons (Fsp3) is 0.688. The molecule has 18 heavy (non-hydrogen) atoms. The van der Waals surface area contributed by atoms with Gasteiger partial charge < -0.3 is 4.90 Å². The lowest BCUT2D eigenvalue weighted by Crippen LogP contribution is -2.40. The number of nitrogens with zero attached hydrogens (tertiary/aromatic N) is 2. The second kappa shape index (κ2) is 8.25. The molecule has 0 N–H and O–H groups in total. The molecular formula is C16H26N2. The van der Waals surface area contributed by atoms with Crippen molar-refractivity contribution in [3.63, 3.8) is 0 Å². The third kappa shape index (κ3) is 4.77. The molecule has 0 atom stereocenters. The molecule has 1 saturated heterocycles. The molecule has 1 aliphatic heterocycles. The van der Waals surface area contributed by atoms with Crippen LogP contribution in [-0.2, 0) is 0 Å². The van der Waals surface area contributed by atoms with Gasteiger partial charge >= 0.3 is 0 Å². The summed E-state index contributed by atoms with van der Waals surface area (Å²) in [6.45, 7) is 2.79. The Morgan fingerprint density at radius 2 is 1.33 bits per heavy atom. The lowest BCUT2D eigenvalue weighted by Gasteiger charge is -2.36. The predicted octanol–water partition coefficient (Wildman–Crippen LogP) is 3.89. The van der Waals surface area contributed by atoms with Gasteiger partial charge in [0.2, 0.25) is 0 Å². The summed E-state index contributed by atoms with van der Waals surface area (Å²) in [6, 6.07) is 6.69. The Morgan fingerprint density at radius 3 is 1.83 bits per heavy atom. The van der Waals surface area contributed by atoms with Crippen LogP contribution in [-0.4, -0.2) is 29.0 Å². The first-order valence-corrected chi connectivity index (χ1v) is 7.56. The standard InChI is InChI=1S/C11H21N.C5H5N/c1-3-7-11(8-4-1)12-9-5-2-6-10-12;1-2-4-6-5-3-1/h11H,1-10H2;1-5H. The van der Waals surface area contributed by atoms with Gasteiger partial charge in [0.15, 0.2) is 0 Å². The quantitative estimate of drug-likeness (QED) is 0.747. The minimum Gasteiger partial charge on any atom is -0.300 e. The van der Waals surface area contributed by atoms with E-state index >= 15 is 0 Å². The monoisotopic (exact) mass is 246 g/mol. The SMILES string of the molecule is C1CCC(N2CCCCC2)CC1.c1ccncc1. The first-order chi connectivity index (χ1) is 8.97. The lowest BCUT2D eigenvalue weighted by molar-refractivity contribution is 0.131. The second-order valence-electron chi connectivity index (χ2n) is 5.41. The van der Waals surface area contributed by atoms with Crippen LogP contribution in [0.5, 0.6) is 0 Å². The largest absolute Gasteiger partial charge is 0.300 e. The van der Waals surface area contributed by atoms with Gasteiger partial charge in [0, 0.05) is 18.4 Å². The van der Waals surface area contributed by atoms with Crippen LogP contribution in [0.4, 0.5) is 0 Å². The zero-order valence-corrected chi connectivity index (χ0v) is 11.4. The van der Waals surface area contributed by atoms with Gasteiger partial charge in [-0.3, -0.25) is 4.98 Å². The first kappa shape index (κ1) is 13.5. The third-order valence-electron chi connectivity index (χ3n) is 4.05. The van der Waals surface area contributed by atoms with Crippen LogP contribution in [0.15, 0.2) is 30.6 Å². The van der Waals surface area contributed by atoms with E-state index in [4.69, 9.17) is 0 Å². The van der Waals surface area contributed by atoms with Gasteiger partial charge in [-0.2, -0.15) is 0 Å². The zero-order chi connectivity index (χ0) is 12.5. The number of pyridine rings is 1. The molecule has 0 radical (unpaired) electrons. The number of rotatable bonds is 1. The molecule has 3 rings (SSSR count). The van der Waals surface area contributed by atoms with Crippen molar-refractivity contribution in [2.24, 2.45) is 0 Å². The van der Waals surface area contributed by atoms with E-state index in [1.807, 2.05) is 18.2 Å².